The van der Waals surface area contributed by atoms with Gasteiger partial charge in [0.2, 0.25) is 5.56 Å². The van der Waals surface area contributed by atoms with E-state index in [0.717, 1.165) is 23.1 Å². The number of para-hydroxylation sites is 1. The summed E-state index contributed by atoms with van der Waals surface area (Å²) in [5, 5.41) is 3.86. The van der Waals surface area contributed by atoms with Crippen molar-refractivity contribution in [3.05, 3.63) is 76.1 Å². The molecule has 0 saturated carbocycles. The van der Waals surface area contributed by atoms with Gasteiger partial charge in [0.05, 0.1) is 11.6 Å². The predicted octanol–water partition coefficient (Wildman–Crippen LogP) is 3.50. The number of H-pyrrole nitrogens is 1. The van der Waals surface area contributed by atoms with Crippen LogP contribution in [0.3, 0.4) is 0 Å². The summed E-state index contributed by atoms with van der Waals surface area (Å²) in [4.78, 5) is 28.7. The molecule has 1 atom stereocenters. The maximum atomic E-state index is 12.8. The summed E-state index contributed by atoms with van der Waals surface area (Å²) in [6, 6.07) is 16.9. The standard InChI is InChI=1S/C19H16N2O2S/c22-18-11-14(12-5-1-3-7-15(12)20-18)19(23)21-16-9-10-24-17-8-4-2-6-13(16)17/h1-8,11,16H,9-10H2,(H,20,22)(H,21,23)/t16-/m1/s1. The van der Waals surface area contributed by atoms with Gasteiger partial charge in [0, 0.05) is 27.6 Å². The van der Waals surface area contributed by atoms with E-state index in [-0.39, 0.29) is 17.5 Å². The van der Waals surface area contributed by atoms with Crippen molar-refractivity contribution in [1.82, 2.24) is 10.3 Å². The van der Waals surface area contributed by atoms with Crippen LogP contribution in [0.5, 0.6) is 0 Å². The van der Waals surface area contributed by atoms with Crippen molar-refractivity contribution < 1.29 is 4.79 Å². The molecule has 2 heterocycles. The van der Waals surface area contributed by atoms with Crippen LogP contribution in [0.1, 0.15) is 28.4 Å². The number of thioether (sulfide) groups is 1. The Morgan fingerprint density at radius 2 is 1.92 bits per heavy atom. The fourth-order valence-electron chi connectivity index (χ4n) is 3.12. The topological polar surface area (TPSA) is 62.0 Å². The number of rotatable bonds is 2. The van der Waals surface area contributed by atoms with E-state index in [1.54, 1.807) is 6.07 Å². The second-order valence-electron chi connectivity index (χ2n) is 5.79. The van der Waals surface area contributed by atoms with E-state index in [2.05, 4.69) is 22.4 Å². The number of benzene rings is 2. The largest absolute Gasteiger partial charge is 0.345 e. The fraction of sp³-hybridized carbons (Fsp3) is 0.158. The average molecular weight is 336 g/mol. The van der Waals surface area contributed by atoms with Gasteiger partial charge in [-0.05, 0) is 24.1 Å². The molecule has 4 rings (SSSR count). The Kier molecular flexibility index (Phi) is 3.86. The van der Waals surface area contributed by atoms with Gasteiger partial charge in [-0.1, -0.05) is 36.4 Å². The number of fused-ring (bicyclic) bond motifs is 2. The Labute approximate surface area is 143 Å². The van der Waals surface area contributed by atoms with Crippen LogP contribution in [0.15, 0.2) is 64.3 Å². The highest BCUT2D eigenvalue weighted by atomic mass is 32.2. The molecule has 1 aliphatic rings. The van der Waals surface area contributed by atoms with Crippen molar-refractivity contribution in [2.75, 3.05) is 5.75 Å². The average Bonchev–Trinajstić information content (AvgIpc) is 2.61. The van der Waals surface area contributed by atoms with Crippen molar-refractivity contribution in [3.63, 3.8) is 0 Å². The summed E-state index contributed by atoms with van der Waals surface area (Å²) in [6.45, 7) is 0. The van der Waals surface area contributed by atoms with Crippen LogP contribution in [-0.2, 0) is 0 Å². The molecule has 120 valence electrons. The third-order valence-corrected chi connectivity index (χ3v) is 5.38. The Balaban J connectivity index is 1.70. The van der Waals surface area contributed by atoms with Crippen LogP contribution in [0.4, 0.5) is 0 Å². The van der Waals surface area contributed by atoms with Crippen LogP contribution in [-0.4, -0.2) is 16.6 Å². The number of hydrogen-bond donors (Lipinski definition) is 2. The third-order valence-electron chi connectivity index (χ3n) is 4.26. The van der Waals surface area contributed by atoms with Gasteiger partial charge in [0.15, 0.2) is 0 Å². The molecule has 1 aliphatic heterocycles. The highest BCUT2D eigenvalue weighted by molar-refractivity contribution is 7.99. The van der Waals surface area contributed by atoms with Crippen LogP contribution in [0, 0.1) is 0 Å². The molecule has 0 radical (unpaired) electrons. The number of pyridine rings is 1. The van der Waals surface area contributed by atoms with E-state index in [4.69, 9.17) is 0 Å². The van der Waals surface area contributed by atoms with Crippen LogP contribution < -0.4 is 10.9 Å². The first-order valence-electron chi connectivity index (χ1n) is 7.87. The van der Waals surface area contributed by atoms with Gasteiger partial charge >= 0.3 is 0 Å². The van der Waals surface area contributed by atoms with E-state index >= 15 is 0 Å². The quantitative estimate of drug-likeness (QED) is 0.753. The number of amides is 1. The molecule has 0 saturated heterocycles. The Morgan fingerprint density at radius 1 is 1.12 bits per heavy atom. The molecule has 0 spiro atoms. The highest BCUT2D eigenvalue weighted by Crippen LogP contribution is 2.36. The first-order valence-corrected chi connectivity index (χ1v) is 8.85. The maximum absolute atomic E-state index is 12.8. The van der Waals surface area contributed by atoms with E-state index in [0.29, 0.717) is 11.1 Å². The summed E-state index contributed by atoms with van der Waals surface area (Å²) in [6.07, 6.45) is 0.883. The normalized spacial score (nSPS) is 16.6. The van der Waals surface area contributed by atoms with Crippen molar-refractivity contribution in [2.24, 2.45) is 0 Å². The Hall–Kier alpha value is -2.53. The number of carbonyl (C=O) groups excluding carboxylic acids is 1. The molecule has 4 nitrogen and oxygen atoms in total. The number of carbonyl (C=O) groups is 1. The van der Waals surface area contributed by atoms with Gasteiger partial charge in [0.25, 0.3) is 5.91 Å². The van der Waals surface area contributed by atoms with Crippen molar-refractivity contribution in [1.29, 1.82) is 0 Å². The van der Waals surface area contributed by atoms with E-state index < -0.39 is 0 Å². The molecule has 0 fully saturated rings. The zero-order valence-electron chi connectivity index (χ0n) is 12.9. The van der Waals surface area contributed by atoms with Crippen molar-refractivity contribution >= 4 is 28.6 Å². The number of hydrogen-bond acceptors (Lipinski definition) is 3. The lowest BCUT2D eigenvalue weighted by molar-refractivity contribution is 0.0936. The molecular weight excluding hydrogens is 320 g/mol. The summed E-state index contributed by atoms with van der Waals surface area (Å²) >= 11 is 1.81. The van der Waals surface area contributed by atoms with Gasteiger partial charge < -0.3 is 10.3 Å². The summed E-state index contributed by atoms with van der Waals surface area (Å²) < 4.78 is 0. The Bertz CT molecular complexity index is 980. The molecule has 5 heteroatoms. The molecular formula is C19H16N2O2S. The van der Waals surface area contributed by atoms with Gasteiger partial charge in [-0.2, -0.15) is 0 Å². The second-order valence-corrected chi connectivity index (χ2v) is 6.93. The van der Waals surface area contributed by atoms with Gasteiger partial charge in [0.1, 0.15) is 0 Å². The van der Waals surface area contributed by atoms with E-state index in [1.807, 2.05) is 42.1 Å². The van der Waals surface area contributed by atoms with Crippen LogP contribution in [0.25, 0.3) is 10.9 Å². The number of aromatic nitrogens is 1. The lowest BCUT2D eigenvalue weighted by atomic mass is 10.0. The predicted molar refractivity (Wildman–Crippen MR) is 96.6 cm³/mol. The van der Waals surface area contributed by atoms with Crippen molar-refractivity contribution in [2.45, 2.75) is 17.4 Å². The van der Waals surface area contributed by atoms with Crippen molar-refractivity contribution in [3.8, 4) is 0 Å². The summed E-state index contributed by atoms with van der Waals surface area (Å²) in [5.41, 5.74) is 1.98. The summed E-state index contributed by atoms with van der Waals surface area (Å²) in [7, 11) is 0. The first kappa shape index (κ1) is 15.0. The zero-order valence-corrected chi connectivity index (χ0v) is 13.7. The zero-order chi connectivity index (χ0) is 16.5. The molecule has 3 aromatic rings. The Morgan fingerprint density at radius 3 is 2.83 bits per heavy atom. The first-order chi connectivity index (χ1) is 11.7. The minimum absolute atomic E-state index is 0.0204. The number of aromatic amines is 1. The highest BCUT2D eigenvalue weighted by Gasteiger charge is 2.23. The minimum atomic E-state index is -0.265. The molecule has 2 aromatic carbocycles. The van der Waals surface area contributed by atoms with Crippen LogP contribution in [0.2, 0.25) is 0 Å². The lowest BCUT2D eigenvalue weighted by Crippen LogP contribution is -2.31. The molecule has 1 aromatic heterocycles. The molecule has 0 aliphatic carbocycles. The molecule has 1 amide bonds. The van der Waals surface area contributed by atoms with E-state index in [9.17, 15) is 9.59 Å². The SMILES string of the molecule is O=C(N[C@@H]1CCSc2ccccc21)c1cc(=O)[nH]c2ccccc12. The lowest BCUT2D eigenvalue weighted by Gasteiger charge is -2.26. The van der Waals surface area contributed by atoms with Gasteiger partial charge in [-0.25, -0.2) is 0 Å². The fourth-order valence-corrected chi connectivity index (χ4v) is 4.25. The molecule has 0 unspecified atom stereocenters. The minimum Gasteiger partial charge on any atom is -0.345 e. The summed E-state index contributed by atoms with van der Waals surface area (Å²) in [5.74, 6) is 0.766. The molecule has 2 N–H and O–H groups in total. The smallest absolute Gasteiger partial charge is 0.252 e. The van der Waals surface area contributed by atoms with Crippen LogP contribution >= 0.6 is 11.8 Å². The monoisotopic (exact) mass is 336 g/mol. The number of nitrogens with one attached hydrogen (secondary N) is 2. The van der Waals surface area contributed by atoms with Gasteiger partial charge in [-0.15, -0.1) is 11.8 Å². The molecule has 24 heavy (non-hydrogen) atoms. The second kappa shape index (κ2) is 6.17. The maximum Gasteiger partial charge on any atom is 0.252 e. The molecule has 0 bridgehead atoms. The van der Waals surface area contributed by atoms with E-state index in [1.165, 1.54) is 11.0 Å². The third kappa shape index (κ3) is 2.71. The van der Waals surface area contributed by atoms with Gasteiger partial charge in [-0.3, -0.25) is 9.59 Å².